The van der Waals surface area contributed by atoms with E-state index in [0.29, 0.717) is 31.4 Å². The van der Waals surface area contributed by atoms with Crippen LogP contribution in [0.25, 0.3) is 0 Å². The summed E-state index contributed by atoms with van der Waals surface area (Å²) in [5.74, 6) is -2.10. The molecule has 2 aromatic carbocycles. The van der Waals surface area contributed by atoms with E-state index in [9.17, 15) is 28.9 Å². The molecule has 0 amide bonds. The Morgan fingerprint density at radius 1 is 1.18 bits per heavy atom. The highest BCUT2D eigenvalue weighted by Crippen LogP contribution is 2.49. The van der Waals surface area contributed by atoms with E-state index in [1.165, 1.54) is 24.3 Å². The maximum atomic E-state index is 14.5. The first-order valence-electron chi connectivity index (χ1n) is 11.8. The second-order valence-electron chi connectivity index (χ2n) is 9.80. The third kappa shape index (κ3) is 3.81. The summed E-state index contributed by atoms with van der Waals surface area (Å²) in [5, 5.41) is 31.1. The molecule has 2 aliphatic carbocycles. The van der Waals surface area contributed by atoms with Crippen molar-refractivity contribution in [2.24, 2.45) is 11.8 Å². The van der Waals surface area contributed by atoms with Crippen molar-refractivity contribution in [3.8, 4) is 5.75 Å². The second-order valence-corrected chi connectivity index (χ2v) is 9.80. The molecule has 1 heterocycles. The number of halogens is 2. The van der Waals surface area contributed by atoms with Crippen LogP contribution in [-0.4, -0.2) is 39.6 Å². The third-order valence-electron chi connectivity index (χ3n) is 8.02. The van der Waals surface area contributed by atoms with Gasteiger partial charge in [0, 0.05) is 29.2 Å². The number of hydrogen-bond donors (Lipinski definition) is 3. The molecule has 1 aliphatic heterocycles. The van der Waals surface area contributed by atoms with Gasteiger partial charge in [0.25, 0.3) is 0 Å². The van der Waals surface area contributed by atoms with E-state index in [1.54, 1.807) is 24.3 Å². The van der Waals surface area contributed by atoms with Gasteiger partial charge in [0.15, 0.2) is 0 Å². The summed E-state index contributed by atoms with van der Waals surface area (Å²) in [6, 6.07) is 8.62. The molecule has 180 valence electrons. The molecule has 7 heteroatoms. The average molecular weight is 471 g/mol. The van der Waals surface area contributed by atoms with E-state index in [-0.39, 0.29) is 29.1 Å². The Hall–Kier alpha value is -2.77. The highest BCUT2D eigenvalue weighted by molar-refractivity contribution is 5.88. The fourth-order valence-corrected chi connectivity index (χ4v) is 6.02. The normalized spacial score (nSPS) is 28.4. The number of aliphatic hydroxyl groups excluding tert-OH is 2. The van der Waals surface area contributed by atoms with Gasteiger partial charge in [0.1, 0.15) is 23.5 Å². The molecule has 2 saturated carbocycles. The number of carboxylic acid groups (broad SMARTS) is 1. The lowest BCUT2D eigenvalue weighted by Gasteiger charge is -2.45. The number of carboxylic acids is 1. The van der Waals surface area contributed by atoms with Crippen LogP contribution < -0.4 is 4.74 Å². The smallest absolute Gasteiger partial charge is 0.335 e. The van der Waals surface area contributed by atoms with Gasteiger partial charge < -0.3 is 20.1 Å². The maximum Gasteiger partial charge on any atom is 0.335 e. The topological polar surface area (TPSA) is 87.0 Å². The van der Waals surface area contributed by atoms with Crippen LogP contribution in [-0.2, 0) is 11.8 Å². The van der Waals surface area contributed by atoms with Gasteiger partial charge in [-0.25, -0.2) is 13.6 Å². The lowest BCUT2D eigenvalue weighted by molar-refractivity contribution is 0.0557. The molecular weight excluding hydrogens is 442 g/mol. The fourth-order valence-electron chi connectivity index (χ4n) is 6.02. The van der Waals surface area contributed by atoms with E-state index < -0.39 is 35.2 Å². The van der Waals surface area contributed by atoms with E-state index in [0.717, 1.165) is 18.4 Å². The number of carbonyl (C=O) groups is 1. The van der Waals surface area contributed by atoms with Gasteiger partial charge in [0.2, 0.25) is 0 Å². The van der Waals surface area contributed by atoms with Gasteiger partial charge in [-0.1, -0.05) is 30.7 Å². The molecule has 2 aromatic rings. The molecule has 34 heavy (non-hydrogen) atoms. The summed E-state index contributed by atoms with van der Waals surface area (Å²) in [5.41, 5.74) is 0.0190. The Labute approximate surface area is 196 Å². The van der Waals surface area contributed by atoms with Crippen LogP contribution >= 0.6 is 0 Å². The summed E-state index contributed by atoms with van der Waals surface area (Å²) in [4.78, 5) is 11.3. The average Bonchev–Trinajstić information content (AvgIpc) is 2.94. The van der Waals surface area contributed by atoms with Crippen molar-refractivity contribution < 1.29 is 33.6 Å². The predicted molar refractivity (Wildman–Crippen MR) is 121 cm³/mol. The Balaban J connectivity index is 1.37. The monoisotopic (exact) mass is 470 g/mol. The van der Waals surface area contributed by atoms with Crippen LogP contribution in [0.15, 0.2) is 48.6 Å². The first-order valence-corrected chi connectivity index (χ1v) is 11.8. The molecule has 0 aromatic heterocycles. The highest BCUT2D eigenvalue weighted by atomic mass is 19.1. The van der Waals surface area contributed by atoms with Crippen LogP contribution in [0.3, 0.4) is 0 Å². The van der Waals surface area contributed by atoms with Crippen LogP contribution in [0.1, 0.15) is 53.6 Å². The first kappa shape index (κ1) is 23.0. The fraction of sp³-hybridized carbons (Fsp3) is 0.444. The molecule has 3 aliphatic rings. The molecule has 0 radical (unpaired) electrons. The van der Waals surface area contributed by atoms with Crippen LogP contribution in [0.2, 0.25) is 0 Å². The number of benzene rings is 2. The summed E-state index contributed by atoms with van der Waals surface area (Å²) in [6.45, 7) is 0. The number of rotatable bonds is 5. The largest absolute Gasteiger partial charge is 0.490 e. The number of ether oxygens (including phenoxy) is 1. The summed E-state index contributed by atoms with van der Waals surface area (Å²) >= 11 is 0. The summed E-state index contributed by atoms with van der Waals surface area (Å²) in [6.07, 6.45) is 4.86. The Morgan fingerprint density at radius 2 is 1.91 bits per heavy atom. The first-order chi connectivity index (χ1) is 16.3. The van der Waals surface area contributed by atoms with Crippen molar-refractivity contribution >= 4 is 5.97 Å². The molecule has 5 atom stereocenters. The van der Waals surface area contributed by atoms with Gasteiger partial charge in [-0.3, -0.25) is 0 Å². The van der Waals surface area contributed by atoms with Crippen molar-refractivity contribution in [2.75, 3.05) is 0 Å². The standard InChI is InChI=1S/C27H28F2O5/c28-19-3-1-4-20(29)25(19)27(11-2-12-27)24(31)10-9-17-18-8-7-15-5-6-16(26(32)33)13-22(15)34-23(18)14-21(17)30/h1,3-6,9-10,13,17-18,21,23-24,30-31H,2,7-8,11-12,14H2,(H,32,33)/b10-9+/t17-,18-,21-,23+,24?/m1/s1. The zero-order chi connectivity index (χ0) is 24.0. The third-order valence-corrected chi connectivity index (χ3v) is 8.02. The van der Waals surface area contributed by atoms with E-state index in [1.807, 2.05) is 0 Å². The predicted octanol–water partition coefficient (Wildman–Crippen LogP) is 4.39. The SMILES string of the molecule is O=C(O)c1ccc2c(c1)O[C@H]1C[C@@H](O)[C@H](/C=C/C(O)C3(c4c(F)cccc4F)CCC3)[C@H]1CC2. The molecule has 0 bridgehead atoms. The van der Waals surface area contributed by atoms with Crippen molar-refractivity contribution in [3.63, 3.8) is 0 Å². The van der Waals surface area contributed by atoms with Gasteiger partial charge in [-0.15, -0.1) is 0 Å². The number of aromatic carboxylic acids is 1. The second kappa shape index (κ2) is 8.78. The minimum atomic E-state index is -1.08. The quantitative estimate of drug-likeness (QED) is 0.564. The Kier molecular flexibility index (Phi) is 5.94. The molecular formula is C27H28F2O5. The molecule has 3 N–H and O–H groups in total. The molecule has 5 nitrogen and oxygen atoms in total. The minimum Gasteiger partial charge on any atom is -0.490 e. The van der Waals surface area contributed by atoms with Gasteiger partial charge in [0.05, 0.1) is 17.8 Å². The molecule has 1 unspecified atom stereocenters. The van der Waals surface area contributed by atoms with E-state index in [2.05, 4.69) is 0 Å². The molecule has 2 fully saturated rings. The van der Waals surface area contributed by atoms with Crippen LogP contribution in [0, 0.1) is 23.5 Å². The lowest BCUT2D eigenvalue weighted by Crippen LogP contribution is -2.46. The molecule has 5 rings (SSSR count). The Morgan fingerprint density at radius 3 is 2.56 bits per heavy atom. The van der Waals surface area contributed by atoms with Gasteiger partial charge in [-0.05, 0) is 55.5 Å². The maximum absolute atomic E-state index is 14.5. The van der Waals surface area contributed by atoms with Crippen molar-refractivity contribution in [1.82, 2.24) is 0 Å². The van der Waals surface area contributed by atoms with Crippen molar-refractivity contribution in [2.45, 2.75) is 62.3 Å². The molecule has 0 spiro atoms. The number of hydrogen-bond acceptors (Lipinski definition) is 4. The lowest BCUT2D eigenvalue weighted by atomic mass is 9.60. The minimum absolute atomic E-state index is 0.0262. The molecule has 0 saturated heterocycles. The van der Waals surface area contributed by atoms with E-state index in [4.69, 9.17) is 4.74 Å². The van der Waals surface area contributed by atoms with Crippen molar-refractivity contribution in [1.29, 1.82) is 0 Å². The van der Waals surface area contributed by atoms with Gasteiger partial charge in [-0.2, -0.15) is 0 Å². The van der Waals surface area contributed by atoms with Gasteiger partial charge >= 0.3 is 5.97 Å². The van der Waals surface area contributed by atoms with E-state index >= 15 is 0 Å². The number of aliphatic hydroxyl groups is 2. The van der Waals surface area contributed by atoms with Crippen LogP contribution in [0.4, 0.5) is 8.78 Å². The zero-order valence-electron chi connectivity index (χ0n) is 18.7. The number of aryl methyl sites for hydroxylation is 1. The Bertz CT molecular complexity index is 1110. The number of fused-ring (bicyclic) bond motifs is 2. The van der Waals surface area contributed by atoms with Crippen molar-refractivity contribution in [3.05, 3.63) is 76.9 Å². The zero-order valence-corrected chi connectivity index (χ0v) is 18.7. The highest BCUT2D eigenvalue weighted by Gasteiger charge is 2.48. The summed E-state index contributed by atoms with van der Waals surface area (Å²) < 4.78 is 35.2. The van der Waals surface area contributed by atoms with Crippen LogP contribution in [0.5, 0.6) is 5.75 Å². The summed E-state index contributed by atoms with van der Waals surface area (Å²) in [7, 11) is 0.